The summed E-state index contributed by atoms with van der Waals surface area (Å²) in [6.07, 6.45) is -4.84. The average molecular weight is 195 g/mol. The third-order valence-electron chi connectivity index (χ3n) is 1.28. The second kappa shape index (κ2) is 2.80. The van der Waals surface area contributed by atoms with Gasteiger partial charge < -0.3 is 11.1 Å². The molecule has 0 saturated carbocycles. The number of nitrogens with zero attached hydrogens (tertiary/aromatic N) is 1. The van der Waals surface area contributed by atoms with Crippen molar-refractivity contribution < 1.29 is 22.8 Å². The van der Waals surface area contributed by atoms with Gasteiger partial charge in [0.15, 0.2) is 6.04 Å². The summed E-state index contributed by atoms with van der Waals surface area (Å²) in [5.41, 5.74) is 4.89. The van der Waals surface area contributed by atoms with Gasteiger partial charge in [0.1, 0.15) is 0 Å². The fourth-order valence-electron chi connectivity index (χ4n) is 0.649. The number of halogens is 3. The number of nitrogens with one attached hydrogen (secondary N) is 1. The Kier molecular flexibility index (Phi) is 2.08. The van der Waals surface area contributed by atoms with Crippen molar-refractivity contribution in [2.24, 2.45) is 10.7 Å². The highest BCUT2D eigenvalue weighted by atomic mass is 19.4. The van der Waals surface area contributed by atoms with Crippen molar-refractivity contribution in [1.29, 1.82) is 0 Å². The largest absolute Gasteiger partial charge is 0.449 e. The Morgan fingerprint density at radius 1 is 1.38 bits per heavy atom. The van der Waals surface area contributed by atoms with E-state index in [1.807, 2.05) is 0 Å². The first kappa shape index (κ1) is 9.65. The van der Waals surface area contributed by atoms with Gasteiger partial charge in [0.05, 0.1) is 0 Å². The van der Waals surface area contributed by atoms with Crippen LogP contribution in [0, 0.1) is 0 Å². The molecule has 13 heavy (non-hydrogen) atoms. The second-order valence-electron chi connectivity index (χ2n) is 2.26. The maximum Gasteiger partial charge on any atom is 0.449 e. The zero-order valence-electron chi connectivity index (χ0n) is 6.05. The minimum atomic E-state index is -4.84. The molecule has 8 heteroatoms. The molecule has 1 unspecified atom stereocenters. The topological polar surface area (TPSA) is 84.6 Å². The maximum absolute atomic E-state index is 11.9. The first-order valence-corrected chi connectivity index (χ1v) is 3.08. The SMILES string of the molecule is NC1C(=O)N=C(C(F)(F)F)NC1=O. The van der Waals surface area contributed by atoms with Crippen LogP contribution >= 0.6 is 0 Å². The number of carbonyl (C=O) groups excluding carboxylic acids is 2. The molecule has 1 aliphatic heterocycles. The lowest BCUT2D eigenvalue weighted by Gasteiger charge is -2.18. The molecule has 1 aliphatic rings. The molecular formula is C5H4F3N3O2. The first-order valence-electron chi connectivity index (χ1n) is 3.08. The smallest absolute Gasteiger partial charge is 0.312 e. The van der Waals surface area contributed by atoms with Crippen LogP contribution in [0.2, 0.25) is 0 Å². The predicted molar refractivity (Wildman–Crippen MR) is 34.6 cm³/mol. The number of alkyl halides is 3. The van der Waals surface area contributed by atoms with Crippen molar-refractivity contribution in [2.45, 2.75) is 12.2 Å². The van der Waals surface area contributed by atoms with Gasteiger partial charge in [-0.1, -0.05) is 0 Å². The van der Waals surface area contributed by atoms with Crippen LogP contribution in [0.4, 0.5) is 13.2 Å². The number of hydrogen-bond donors (Lipinski definition) is 2. The molecule has 1 rings (SSSR count). The lowest BCUT2D eigenvalue weighted by atomic mass is 10.2. The van der Waals surface area contributed by atoms with Crippen LogP contribution in [0.15, 0.2) is 4.99 Å². The average Bonchev–Trinajstić information content (AvgIpc) is 1.97. The van der Waals surface area contributed by atoms with Crippen molar-refractivity contribution in [3.05, 3.63) is 0 Å². The molecule has 0 fully saturated rings. The van der Waals surface area contributed by atoms with Gasteiger partial charge in [0.2, 0.25) is 5.84 Å². The predicted octanol–water partition coefficient (Wildman–Crippen LogP) is -1.07. The van der Waals surface area contributed by atoms with E-state index in [2.05, 4.69) is 4.99 Å². The minimum absolute atomic E-state index is 1.20. The molecule has 5 nitrogen and oxygen atoms in total. The summed E-state index contributed by atoms with van der Waals surface area (Å²) in [7, 11) is 0. The molecule has 0 saturated heterocycles. The molecule has 1 atom stereocenters. The summed E-state index contributed by atoms with van der Waals surface area (Å²) in [5.74, 6) is -4.12. The normalized spacial score (nSPS) is 24.0. The molecule has 0 bridgehead atoms. The third-order valence-corrected chi connectivity index (χ3v) is 1.28. The Labute approximate surface area is 69.8 Å². The number of amidine groups is 1. The summed E-state index contributed by atoms with van der Waals surface area (Å²) in [5, 5.41) is 1.38. The standard InChI is InChI=1S/C5H4F3N3O2/c6-5(7,8)4-10-2(12)1(9)3(13)11-4/h1H,9H2,(H,10,11,12,13). The highest BCUT2D eigenvalue weighted by molar-refractivity contribution is 6.19. The molecule has 3 N–H and O–H groups in total. The molecule has 0 aliphatic carbocycles. The number of rotatable bonds is 0. The van der Waals surface area contributed by atoms with Crippen molar-refractivity contribution >= 4 is 17.6 Å². The Morgan fingerprint density at radius 3 is 2.31 bits per heavy atom. The highest BCUT2D eigenvalue weighted by Crippen LogP contribution is 2.17. The van der Waals surface area contributed by atoms with E-state index >= 15 is 0 Å². The Balaban J connectivity index is 2.99. The van der Waals surface area contributed by atoms with E-state index in [4.69, 9.17) is 5.73 Å². The highest BCUT2D eigenvalue weighted by Gasteiger charge is 2.42. The van der Waals surface area contributed by atoms with Crippen molar-refractivity contribution in [3.8, 4) is 0 Å². The number of nitrogens with two attached hydrogens (primary N) is 1. The summed E-state index contributed by atoms with van der Waals surface area (Å²) < 4.78 is 35.6. The van der Waals surface area contributed by atoms with E-state index in [-0.39, 0.29) is 0 Å². The maximum atomic E-state index is 11.9. The van der Waals surface area contributed by atoms with Crippen LogP contribution in [-0.2, 0) is 9.59 Å². The van der Waals surface area contributed by atoms with E-state index in [0.717, 1.165) is 0 Å². The van der Waals surface area contributed by atoms with Gasteiger partial charge >= 0.3 is 6.18 Å². The van der Waals surface area contributed by atoms with Crippen LogP contribution in [0.3, 0.4) is 0 Å². The Bertz CT molecular complexity index is 296. The van der Waals surface area contributed by atoms with E-state index in [0.29, 0.717) is 0 Å². The molecule has 0 aromatic rings. The fraction of sp³-hybridized carbons (Fsp3) is 0.400. The summed E-state index contributed by atoms with van der Waals surface area (Å²) in [4.78, 5) is 23.8. The molecule has 0 radical (unpaired) electrons. The van der Waals surface area contributed by atoms with Crippen LogP contribution in [0.1, 0.15) is 0 Å². The van der Waals surface area contributed by atoms with E-state index in [1.54, 1.807) is 0 Å². The van der Waals surface area contributed by atoms with Gasteiger partial charge in [0.25, 0.3) is 11.8 Å². The Hall–Kier alpha value is -1.44. The van der Waals surface area contributed by atoms with Gasteiger partial charge in [-0.3, -0.25) is 9.59 Å². The Morgan fingerprint density at radius 2 is 1.92 bits per heavy atom. The van der Waals surface area contributed by atoms with Crippen LogP contribution < -0.4 is 11.1 Å². The fourth-order valence-corrected chi connectivity index (χ4v) is 0.649. The molecule has 72 valence electrons. The van der Waals surface area contributed by atoms with Crippen molar-refractivity contribution in [1.82, 2.24) is 5.32 Å². The number of hydrogen-bond acceptors (Lipinski definition) is 3. The summed E-state index contributed by atoms with van der Waals surface area (Å²) in [6, 6.07) is -1.65. The minimum Gasteiger partial charge on any atom is -0.312 e. The molecule has 0 aromatic carbocycles. The van der Waals surface area contributed by atoms with Gasteiger partial charge in [0, 0.05) is 0 Å². The lowest BCUT2D eigenvalue weighted by Crippen LogP contribution is -2.55. The van der Waals surface area contributed by atoms with Crippen LogP contribution in [0.25, 0.3) is 0 Å². The van der Waals surface area contributed by atoms with Gasteiger partial charge in [-0.15, -0.1) is 0 Å². The van der Waals surface area contributed by atoms with Gasteiger partial charge in [-0.05, 0) is 0 Å². The van der Waals surface area contributed by atoms with E-state index < -0.39 is 29.9 Å². The van der Waals surface area contributed by atoms with E-state index in [9.17, 15) is 22.8 Å². The number of aliphatic imine (C=N–C) groups is 1. The van der Waals surface area contributed by atoms with Crippen molar-refractivity contribution in [2.75, 3.05) is 0 Å². The molecular weight excluding hydrogens is 191 g/mol. The zero-order valence-corrected chi connectivity index (χ0v) is 6.05. The summed E-state index contributed by atoms with van der Waals surface area (Å²) >= 11 is 0. The molecule has 2 amide bonds. The van der Waals surface area contributed by atoms with Crippen LogP contribution in [-0.4, -0.2) is 29.9 Å². The van der Waals surface area contributed by atoms with E-state index in [1.165, 1.54) is 5.32 Å². The first-order chi connectivity index (χ1) is 5.82. The third kappa shape index (κ3) is 1.83. The zero-order chi connectivity index (χ0) is 10.2. The van der Waals surface area contributed by atoms with Crippen LogP contribution in [0.5, 0.6) is 0 Å². The second-order valence-corrected chi connectivity index (χ2v) is 2.26. The quantitative estimate of drug-likeness (QED) is 0.482. The van der Waals surface area contributed by atoms with Gasteiger partial charge in [-0.25, -0.2) is 0 Å². The van der Waals surface area contributed by atoms with Crippen molar-refractivity contribution in [3.63, 3.8) is 0 Å². The molecule has 0 spiro atoms. The molecule has 1 heterocycles. The van der Waals surface area contributed by atoms with Gasteiger partial charge in [-0.2, -0.15) is 18.2 Å². The number of carbonyl (C=O) groups is 2. The molecule has 0 aromatic heterocycles. The number of amides is 2. The summed E-state index contributed by atoms with van der Waals surface area (Å²) in [6.45, 7) is 0. The monoisotopic (exact) mass is 195 g/mol. The lowest BCUT2D eigenvalue weighted by molar-refractivity contribution is -0.131.